The van der Waals surface area contributed by atoms with Crippen molar-refractivity contribution in [1.82, 2.24) is 9.97 Å². The normalized spacial score (nSPS) is 11.0. The minimum Gasteiger partial charge on any atom is -0.307 e. The van der Waals surface area contributed by atoms with Gasteiger partial charge in [0.25, 0.3) is 0 Å². The Hall–Kier alpha value is -1.89. The van der Waals surface area contributed by atoms with Gasteiger partial charge in [-0.05, 0) is 24.5 Å². The van der Waals surface area contributed by atoms with Crippen LogP contribution in [0.3, 0.4) is 0 Å². The molecule has 0 bridgehead atoms. The average Bonchev–Trinajstić information content (AvgIpc) is 3.21. The summed E-state index contributed by atoms with van der Waals surface area (Å²) in [7, 11) is 0. The Kier molecular flexibility index (Phi) is 4.03. The van der Waals surface area contributed by atoms with Gasteiger partial charge < -0.3 is 5.32 Å². The van der Waals surface area contributed by atoms with Crippen molar-refractivity contribution in [3.05, 3.63) is 53.9 Å². The Morgan fingerprint density at radius 3 is 2.70 bits per heavy atom. The second-order valence-corrected chi connectivity index (χ2v) is 7.65. The van der Waals surface area contributed by atoms with E-state index in [2.05, 4.69) is 57.3 Å². The second kappa shape index (κ2) is 6.31. The summed E-state index contributed by atoms with van der Waals surface area (Å²) >= 11 is 5.00. The molecular formula is C17H13N3S3. The number of fused-ring (bicyclic) bond motifs is 1. The lowest BCUT2D eigenvalue weighted by atomic mass is 10.2. The Morgan fingerprint density at radius 1 is 1.00 bits per heavy atom. The Labute approximate surface area is 146 Å². The molecule has 0 fully saturated rings. The van der Waals surface area contributed by atoms with Crippen LogP contribution >= 0.6 is 34.4 Å². The van der Waals surface area contributed by atoms with E-state index < -0.39 is 0 Å². The van der Waals surface area contributed by atoms with Crippen molar-refractivity contribution in [2.45, 2.75) is 4.90 Å². The molecule has 23 heavy (non-hydrogen) atoms. The van der Waals surface area contributed by atoms with Crippen molar-refractivity contribution in [3.8, 4) is 11.3 Å². The van der Waals surface area contributed by atoms with E-state index in [-0.39, 0.29) is 0 Å². The van der Waals surface area contributed by atoms with Gasteiger partial charge in [-0.1, -0.05) is 41.7 Å². The summed E-state index contributed by atoms with van der Waals surface area (Å²) in [6.45, 7) is 0. The molecule has 4 aromatic rings. The quantitative estimate of drug-likeness (QED) is 0.464. The van der Waals surface area contributed by atoms with Crippen molar-refractivity contribution in [2.24, 2.45) is 0 Å². The van der Waals surface area contributed by atoms with Gasteiger partial charge in [0.05, 0.1) is 15.9 Å². The van der Waals surface area contributed by atoms with Crippen molar-refractivity contribution < 1.29 is 0 Å². The lowest BCUT2D eigenvalue weighted by Crippen LogP contribution is -1.88. The number of nitrogens with zero attached hydrogens (tertiary/aromatic N) is 2. The summed E-state index contributed by atoms with van der Waals surface area (Å²) in [5.41, 5.74) is 3.14. The zero-order chi connectivity index (χ0) is 15.6. The van der Waals surface area contributed by atoms with E-state index in [1.807, 2.05) is 18.2 Å². The molecule has 2 heterocycles. The van der Waals surface area contributed by atoms with E-state index in [1.165, 1.54) is 9.60 Å². The summed E-state index contributed by atoms with van der Waals surface area (Å²) < 4.78 is 1.19. The van der Waals surface area contributed by atoms with Crippen molar-refractivity contribution in [2.75, 3.05) is 11.6 Å². The SMILES string of the molecule is CSc1ccc2nc(Nc3nc(-c4ccccc4)cs3)sc2c1. The first-order valence-corrected chi connectivity index (χ1v) is 9.96. The molecule has 0 atom stereocenters. The first-order valence-electron chi connectivity index (χ1n) is 7.04. The first kappa shape index (κ1) is 14.7. The van der Waals surface area contributed by atoms with E-state index in [4.69, 9.17) is 0 Å². The molecular weight excluding hydrogens is 342 g/mol. The van der Waals surface area contributed by atoms with Crippen molar-refractivity contribution in [1.29, 1.82) is 0 Å². The molecule has 0 spiro atoms. The van der Waals surface area contributed by atoms with Crippen LogP contribution in [0.4, 0.5) is 10.3 Å². The molecule has 3 nitrogen and oxygen atoms in total. The number of thioether (sulfide) groups is 1. The maximum Gasteiger partial charge on any atom is 0.190 e. The number of hydrogen-bond acceptors (Lipinski definition) is 6. The molecule has 2 aromatic heterocycles. The van der Waals surface area contributed by atoms with Gasteiger partial charge in [-0.25, -0.2) is 9.97 Å². The third-order valence-electron chi connectivity index (χ3n) is 3.38. The summed E-state index contributed by atoms with van der Waals surface area (Å²) in [5.74, 6) is 0. The highest BCUT2D eigenvalue weighted by Gasteiger charge is 2.08. The average molecular weight is 356 g/mol. The largest absolute Gasteiger partial charge is 0.307 e. The molecule has 0 amide bonds. The number of rotatable bonds is 4. The van der Waals surface area contributed by atoms with E-state index in [9.17, 15) is 0 Å². The summed E-state index contributed by atoms with van der Waals surface area (Å²) in [4.78, 5) is 10.5. The molecule has 1 N–H and O–H groups in total. The smallest absolute Gasteiger partial charge is 0.190 e. The zero-order valence-corrected chi connectivity index (χ0v) is 14.8. The van der Waals surface area contributed by atoms with Crippen molar-refractivity contribution >= 4 is 54.9 Å². The Bertz CT molecular complexity index is 944. The Balaban J connectivity index is 1.60. The second-order valence-electron chi connectivity index (χ2n) is 4.88. The van der Waals surface area contributed by atoms with Crippen LogP contribution in [0.15, 0.2) is 58.8 Å². The van der Waals surface area contributed by atoms with Gasteiger partial charge in [0.15, 0.2) is 10.3 Å². The molecule has 0 aliphatic heterocycles. The van der Waals surface area contributed by atoms with Crippen LogP contribution in [0.1, 0.15) is 0 Å². The summed E-state index contributed by atoms with van der Waals surface area (Å²) in [6, 6.07) is 16.6. The van der Waals surface area contributed by atoms with Gasteiger partial charge in [0, 0.05) is 15.8 Å². The lowest BCUT2D eigenvalue weighted by molar-refractivity contribution is 1.36. The topological polar surface area (TPSA) is 37.8 Å². The third-order valence-corrected chi connectivity index (χ3v) is 5.80. The summed E-state index contributed by atoms with van der Waals surface area (Å²) in [6.07, 6.45) is 2.09. The van der Waals surface area contributed by atoms with Crippen LogP contribution in [0, 0.1) is 0 Å². The predicted octanol–water partition coefficient (Wildman–Crippen LogP) is 5.89. The maximum absolute atomic E-state index is 4.65. The molecule has 0 saturated carbocycles. The van der Waals surface area contributed by atoms with Gasteiger partial charge in [-0.15, -0.1) is 23.1 Å². The van der Waals surface area contributed by atoms with E-state index in [0.717, 1.165) is 27.0 Å². The van der Waals surface area contributed by atoms with Crippen LogP contribution in [0.5, 0.6) is 0 Å². The molecule has 2 aromatic carbocycles. The third kappa shape index (κ3) is 3.10. The summed E-state index contributed by atoms with van der Waals surface area (Å²) in [5, 5.41) is 7.15. The number of benzene rings is 2. The molecule has 0 aliphatic rings. The highest BCUT2D eigenvalue weighted by atomic mass is 32.2. The standard InChI is InChI=1S/C17H13N3S3/c1-21-12-7-8-13-15(9-12)23-17(18-13)20-16-19-14(10-22-16)11-5-3-2-4-6-11/h2-10H,1H3,(H,18,19,20). The van der Waals surface area contributed by atoms with E-state index in [0.29, 0.717) is 0 Å². The number of thiazole rings is 2. The van der Waals surface area contributed by atoms with Crippen molar-refractivity contribution in [3.63, 3.8) is 0 Å². The first-order chi connectivity index (χ1) is 11.3. The van der Waals surface area contributed by atoms with Gasteiger partial charge in [-0.2, -0.15) is 0 Å². The van der Waals surface area contributed by atoms with Gasteiger partial charge >= 0.3 is 0 Å². The fourth-order valence-corrected chi connectivity index (χ4v) is 4.45. The van der Waals surface area contributed by atoms with Gasteiger partial charge in [0.1, 0.15) is 0 Å². The fraction of sp³-hybridized carbons (Fsp3) is 0.0588. The maximum atomic E-state index is 4.65. The zero-order valence-electron chi connectivity index (χ0n) is 12.3. The van der Waals surface area contributed by atoms with Gasteiger partial charge in [0.2, 0.25) is 0 Å². The number of hydrogen-bond donors (Lipinski definition) is 1. The Morgan fingerprint density at radius 2 is 1.87 bits per heavy atom. The number of aromatic nitrogens is 2. The minimum absolute atomic E-state index is 0.869. The molecule has 0 unspecified atom stereocenters. The molecule has 0 aliphatic carbocycles. The predicted molar refractivity (Wildman–Crippen MR) is 102 cm³/mol. The minimum atomic E-state index is 0.869. The fourth-order valence-electron chi connectivity index (χ4n) is 2.25. The number of anilines is 2. The van der Waals surface area contributed by atoms with Crippen LogP contribution in [0.25, 0.3) is 21.5 Å². The molecule has 4 rings (SSSR count). The highest BCUT2D eigenvalue weighted by Crippen LogP contribution is 2.33. The highest BCUT2D eigenvalue weighted by molar-refractivity contribution is 7.98. The number of nitrogens with one attached hydrogen (secondary N) is 1. The molecule has 6 heteroatoms. The monoisotopic (exact) mass is 355 g/mol. The molecule has 0 saturated heterocycles. The lowest BCUT2D eigenvalue weighted by Gasteiger charge is -1.96. The molecule has 114 valence electrons. The van der Waals surface area contributed by atoms with Crippen LogP contribution in [-0.2, 0) is 0 Å². The van der Waals surface area contributed by atoms with E-state index >= 15 is 0 Å². The van der Waals surface area contributed by atoms with Crippen LogP contribution in [0.2, 0.25) is 0 Å². The van der Waals surface area contributed by atoms with E-state index in [1.54, 1.807) is 34.4 Å². The van der Waals surface area contributed by atoms with Crippen LogP contribution in [-0.4, -0.2) is 16.2 Å². The molecule has 0 radical (unpaired) electrons. The van der Waals surface area contributed by atoms with Gasteiger partial charge in [-0.3, -0.25) is 0 Å². The van der Waals surface area contributed by atoms with Crippen LogP contribution < -0.4 is 5.32 Å².